The highest BCUT2D eigenvalue weighted by Crippen LogP contribution is 2.30. The molecule has 1 heterocycles. The molecular weight excluding hydrogens is 414 g/mol. The van der Waals surface area contributed by atoms with Gasteiger partial charge in [-0.25, -0.2) is 0 Å². The third-order valence-electron chi connectivity index (χ3n) is 5.18. The molecule has 4 rings (SSSR count). The summed E-state index contributed by atoms with van der Waals surface area (Å²) in [5.41, 5.74) is 2.94. The lowest BCUT2D eigenvalue weighted by Crippen LogP contribution is -2.23. The fourth-order valence-corrected chi connectivity index (χ4v) is 4.47. The molecule has 160 valence electrons. The van der Waals surface area contributed by atoms with Crippen molar-refractivity contribution in [1.29, 1.82) is 0 Å². The van der Waals surface area contributed by atoms with Crippen LogP contribution in [0.4, 0.5) is 0 Å². The summed E-state index contributed by atoms with van der Waals surface area (Å²) in [4.78, 5) is 15.2. The van der Waals surface area contributed by atoms with Gasteiger partial charge in [-0.2, -0.15) is 18.4 Å². The molecule has 0 saturated heterocycles. The van der Waals surface area contributed by atoms with E-state index < -0.39 is 10.0 Å². The van der Waals surface area contributed by atoms with Crippen LogP contribution in [0.1, 0.15) is 45.8 Å². The summed E-state index contributed by atoms with van der Waals surface area (Å²) in [7, 11) is -3.77. The van der Waals surface area contributed by atoms with E-state index in [1.165, 1.54) is 12.1 Å². The highest BCUT2D eigenvalue weighted by atomic mass is 32.2. The van der Waals surface area contributed by atoms with Gasteiger partial charge in [0.2, 0.25) is 0 Å². The summed E-state index contributed by atoms with van der Waals surface area (Å²) in [6.07, 6.45) is 2.03. The number of nitrogens with zero attached hydrogens (tertiary/aromatic N) is 1. The summed E-state index contributed by atoms with van der Waals surface area (Å²) >= 11 is 0. The maximum atomic E-state index is 12.7. The molecule has 1 aliphatic carbocycles. The number of hydrogen-bond acceptors (Lipinski definition) is 5. The van der Waals surface area contributed by atoms with Crippen molar-refractivity contribution in [2.75, 3.05) is 0 Å². The van der Waals surface area contributed by atoms with E-state index in [0.717, 1.165) is 12.0 Å². The van der Waals surface area contributed by atoms with Crippen LogP contribution in [-0.2, 0) is 23.0 Å². The van der Waals surface area contributed by atoms with Gasteiger partial charge in [0.25, 0.3) is 15.9 Å². The molecular formula is C23H23N3O4S. The van der Waals surface area contributed by atoms with Crippen LogP contribution in [0.25, 0.3) is 0 Å². The molecule has 1 aliphatic rings. The largest absolute Gasteiger partial charge is 0.455 e. The second-order valence-corrected chi connectivity index (χ2v) is 9.00. The first kappa shape index (κ1) is 20.9. The lowest BCUT2D eigenvalue weighted by molar-refractivity contribution is 0.0920. The number of benzene rings is 2. The predicted molar refractivity (Wildman–Crippen MR) is 117 cm³/mol. The molecule has 2 aromatic carbocycles. The minimum Gasteiger partial charge on any atom is -0.455 e. The fraction of sp³-hybridized carbons (Fsp3) is 0.217. The van der Waals surface area contributed by atoms with Crippen LogP contribution in [0.15, 0.2) is 75.1 Å². The van der Waals surface area contributed by atoms with Crippen LogP contribution >= 0.6 is 0 Å². The summed E-state index contributed by atoms with van der Waals surface area (Å²) in [5, 5.41) is 7.06. The van der Waals surface area contributed by atoms with Gasteiger partial charge in [-0.05, 0) is 37.5 Å². The maximum absolute atomic E-state index is 12.7. The van der Waals surface area contributed by atoms with E-state index in [1.807, 2.05) is 30.3 Å². The van der Waals surface area contributed by atoms with E-state index >= 15 is 0 Å². The zero-order valence-corrected chi connectivity index (χ0v) is 17.9. The molecule has 0 saturated carbocycles. The molecule has 1 aromatic heterocycles. The van der Waals surface area contributed by atoms with Gasteiger partial charge < -0.3 is 9.73 Å². The van der Waals surface area contributed by atoms with Crippen molar-refractivity contribution in [3.63, 3.8) is 0 Å². The number of fused-ring (bicyclic) bond motifs is 1. The monoisotopic (exact) mass is 437 g/mol. The lowest BCUT2D eigenvalue weighted by atomic mass is 9.93. The van der Waals surface area contributed by atoms with Crippen molar-refractivity contribution < 1.29 is 17.6 Å². The van der Waals surface area contributed by atoms with Crippen LogP contribution in [0, 0.1) is 6.92 Å². The third kappa shape index (κ3) is 4.54. The van der Waals surface area contributed by atoms with E-state index in [-0.39, 0.29) is 16.6 Å². The first-order valence-electron chi connectivity index (χ1n) is 10.0. The standard InChI is InChI=1S/C23H23N3O4S/c1-16-21-19(25-26-31(28,29)18-11-6-3-7-12-18)13-8-14-20(21)30-22(16)23(27)24-15-17-9-4-2-5-10-17/h2-7,9-12,26H,8,13-15H2,1H3,(H,24,27)/b25-19+. The molecule has 0 fully saturated rings. The highest BCUT2D eigenvalue weighted by Gasteiger charge is 2.28. The topological polar surface area (TPSA) is 101 Å². The maximum Gasteiger partial charge on any atom is 0.287 e. The van der Waals surface area contributed by atoms with Gasteiger partial charge in [-0.3, -0.25) is 4.79 Å². The highest BCUT2D eigenvalue weighted by molar-refractivity contribution is 7.89. The molecule has 0 bridgehead atoms. The number of aryl methyl sites for hydroxylation is 1. The van der Waals surface area contributed by atoms with Crippen molar-refractivity contribution in [2.24, 2.45) is 5.10 Å². The van der Waals surface area contributed by atoms with Gasteiger partial charge in [0.1, 0.15) is 5.76 Å². The summed E-state index contributed by atoms with van der Waals surface area (Å²) in [6, 6.07) is 17.7. The number of furan rings is 1. The molecule has 0 radical (unpaired) electrons. The van der Waals surface area contributed by atoms with Crippen molar-refractivity contribution >= 4 is 21.6 Å². The van der Waals surface area contributed by atoms with Crippen LogP contribution in [-0.4, -0.2) is 20.0 Å². The quantitative estimate of drug-likeness (QED) is 0.576. The second-order valence-electron chi connectivity index (χ2n) is 7.34. The SMILES string of the molecule is Cc1c(C(=O)NCc2ccccc2)oc2c1/C(=N/NS(=O)(=O)c1ccccc1)CCC2. The summed E-state index contributed by atoms with van der Waals surface area (Å²) in [6.45, 7) is 2.19. The lowest BCUT2D eigenvalue weighted by Gasteiger charge is -2.14. The number of carbonyl (C=O) groups is 1. The minimum absolute atomic E-state index is 0.139. The van der Waals surface area contributed by atoms with Gasteiger partial charge in [0.15, 0.2) is 5.76 Å². The molecule has 8 heteroatoms. The number of hydrogen-bond donors (Lipinski definition) is 2. The van der Waals surface area contributed by atoms with Crippen molar-refractivity contribution in [3.05, 3.63) is 88.9 Å². The Morgan fingerprint density at radius 1 is 1.03 bits per heavy atom. The first-order valence-corrected chi connectivity index (χ1v) is 11.5. The van der Waals surface area contributed by atoms with E-state index in [1.54, 1.807) is 25.1 Å². The Bertz CT molecular complexity index is 1220. The predicted octanol–water partition coefficient (Wildman–Crippen LogP) is 3.54. The molecule has 0 aliphatic heterocycles. The third-order valence-corrected chi connectivity index (χ3v) is 6.41. The Hall–Kier alpha value is -3.39. The zero-order chi connectivity index (χ0) is 21.8. The van der Waals surface area contributed by atoms with Crippen LogP contribution in [0.2, 0.25) is 0 Å². The Morgan fingerprint density at radius 2 is 1.71 bits per heavy atom. The van der Waals surface area contributed by atoms with E-state index in [2.05, 4.69) is 15.2 Å². The molecule has 0 unspecified atom stereocenters. The number of rotatable bonds is 6. The number of hydrazone groups is 1. The van der Waals surface area contributed by atoms with Gasteiger partial charge >= 0.3 is 0 Å². The summed E-state index contributed by atoms with van der Waals surface area (Å²) < 4.78 is 30.9. The van der Waals surface area contributed by atoms with Crippen molar-refractivity contribution in [2.45, 2.75) is 37.6 Å². The molecule has 2 N–H and O–H groups in total. The molecule has 3 aromatic rings. The zero-order valence-electron chi connectivity index (χ0n) is 17.1. The second kappa shape index (κ2) is 8.77. The minimum atomic E-state index is -3.77. The molecule has 7 nitrogen and oxygen atoms in total. The van der Waals surface area contributed by atoms with Crippen LogP contribution in [0.5, 0.6) is 0 Å². The Labute approximate surface area is 181 Å². The number of nitrogens with one attached hydrogen (secondary N) is 2. The van der Waals surface area contributed by atoms with Gasteiger partial charge in [-0.15, -0.1) is 0 Å². The normalized spacial score (nSPS) is 14.8. The van der Waals surface area contributed by atoms with E-state index in [4.69, 9.17) is 4.42 Å². The molecule has 1 amide bonds. The Kier molecular flexibility index (Phi) is 5.90. The average molecular weight is 438 g/mol. The number of sulfonamides is 1. The van der Waals surface area contributed by atoms with Crippen molar-refractivity contribution in [3.8, 4) is 0 Å². The van der Waals surface area contributed by atoms with E-state index in [0.29, 0.717) is 42.0 Å². The Morgan fingerprint density at radius 3 is 2.42 bits per heavy atom. The van der Waals surface area contributed by atoms with Gasteiger partial charge in [0, 0.05) is 24.1 Å². The van der Waals surface area contributed by atoms with Crippen molar-refractivity contribution in [1.82, 2.24) is 10.1 Å². The molecule has 0 spiro atoms. The average Bonchev–Trinajstić information content (AvgIpc) is 3.14. The number of amides is 1. The molecule has 0 atom stereocenters. The van der Waals surface area contributed by atoms with Crippen LogP contribution < -0.4 is 10.1 Å². The summed E-state index contributed by atoms with van der Waals surface area (Å²) in [5.74, 6) is 0.590. The number of carbonyl (C=O) groups excluding carboxylic acids is 1. The van der Waals surface area contributed by atoms with E-state index in [9.17, 15) is 13.2 Å². The fourth-order valence-electron chi connectivity index (χ4n) is 3.62. The van der Waals surface area contributed by atoms with Gasteiger partial charge in [0.05, 0.1) is 10.6 Å². The smallest absolute Gasteiger partial charge is 0.287 e. The van der Waals surface area contributed by atoms with Crippen LogP contribution in [0.3, 0.4) is 0 Å². The first-order chi connectivity index (χ1) is 15.0. The Balaban J connectivity index is 1.55. The molecule has 31 heavy (non-hydrogen) atoms. The van der Waals surface area contributed by atoms with Gasteiger partial charge in [-0.1, -0.05) is 48.5 Å².